The molecule has 1 fully saturated rings. The van der Waals surface area contributed by atoms with Crippen molar-refractivity contribution >= 4 is 27.5 Å². The van der Waals surface area contributed by atoms with Gasteiger partial charge in [0.05, 0.1) is 34.9 Å². The number of aromatic nitrogens is 2. The Morgan fingerprint density at radius 2 is 1.91 bits per heavy atom. The van der Waals surface area contributed by atoms with Gasteiger partial charge in [-0.15, -0.1) is 0 Å². The average molecular weight is 457 g/mol. The van der Waals surface area contributed by atoms with Gasteiger partial charge in [0.2, 0.25) is 10.0 Å². The molecule has 4 rings (SSSR count). The van der Waals surface area contributed by atoms with Crippen LogP contribution < -0.4 is 4.72 Å². The average Bonchev–Trinajstić information content (AvgIpc) is 3.16. The smallest absolute Gasteiger partial charge is 0.274 e. The van der Waals surface area contributed by atoms with E-state index in [0.717, 1.165) is 42.3 Å². The molecule has 0 aliphatic carbocycles. The molecular formula is C23H28N4O4S. The van der Waals surface area contributed by atoms with E-state index < -0.39 is 10.0 Å². The molecule has 2 aliphatic heterocycles. The maximum atomic E-state index is 13.6. The number of rotatable bonds is 4. The Morgan fingerprint density at radius 1 is 1.16 bits per heavy atom. The van der Waals surface area contributed by atoms with Crippen molar-refractivity contribution in [2.75, 3.05) is 17.5 Å². The minimum Gasteiger partial charge on any atom is -0.330 e. The van der Waals surface area contributed by atoms with Crippen molar-refractivity contribution in [3.8, 4) is 0 Å². The van der Waals surface area contributed by atoms with E-state index in [0.29, 0.717) is 29.8 Å². The Hall–Kier alpha value is -2.94. The molecule has 32 heavy (non-hydrogen) atoms. The summed E-state index contributed by atoms with van der Waals surface area (Å²) in [6.45, 7) is 6.17. The monoisotopic (exact) mass is 456 g/mol. The van der Waals surface area contributed by atoms with Crippen molar-refractivity contribution in [3.63, 3.8) is 0 Å². The van der Waals surface area contributed by atoms with Crippen molar-refractivity contribution in [3.05, 3.63) is 57.9 Å². The molecule has 9 heteroatoms. The summed E-state index contributed by atoms with van der Waals surface area (Å²) in [6.07, 6.45) is 4.27. The molecule has 3 heterocycles. The number of sulfonamides is 1. The first kappa shape index (κ1) is 22.3. The van der Waals surface area contributed by atoms with Gasteiger partial charge < -0.3 is 4.90 Å². The van der Waals surface area contributed by atoms with Gasteiger partial charge in [-0.1, -0.05) is 17.2 Å². The summed E-state index contributed by atoms with van der Waals surface area (Å²) >= 11 is 0. The molecular weight excluding hydrogens is 428 g/mol. The second-order valence-corrected chi connectivity index (χ2v) is 10.5. The Balaban J connectivity index is 1.70. The predicted octanol–water partition coefficient (Wildman–Crippen LogP) is 3.46. The topological polar surface area (TPSA) is 101 Å². The van der Waals surface area contributed by atoms with E-state index in [-0.39, 0.29) is 23.5 Å². The van der Waals surface area contributed by atoms with Gasteiger partial charge in [0, 0.05) is 18.5 Å². The quantitative estimate of drug-likeness (QED) is 0.759. The van der Waals surface area contributed by atoms with Gasteiger partial charge in [0.15, 0.2) is 0 Å². The number of hydrogen-bond donors (Lipinski definition) is 1. The highest BCUT2D eigenvalue weighted by molar-refractivity contribution is 7.92. The third-order valence-corrected chi connectivity index (χ3v) is 6.80. The SMILES string of the molecule is CC1=C(C)C(=O)n2nc([C@@H]3CCCCN3C(=O)c3cc(C)ccc3NS(C)(=O)=O)cc2C1. The number of amides is 1. The first-order valence-corrected chi connectivity index (χ1v) is 12.6. The van der Waals surface area contributed by atoms with Crippen LogP contribution in [0.25, 0.3) is 0 Å². The Kier molecular flexibility index (Phi) is 5.70. The van der Waals surface area contributed by atoms with Crippen LogP contribution in [0.5, 0.6) is 0 Å². The first-order valence-electron chi connectivity index (χ1n) is 10.7. The molecule has 2 aromatic rings. The number of hydrogen-bond acceptors (Lipinski definition) is 5. The van der Waals surface area contributed by atoms with Crippen LogP contribution in [0.2, 0.25) is 0 Å². The van der Waals surface area contributed by atoms with E-state index in [4.69, 9.17) is 0 Å². The lowest BCUT2D eigenvalue weighted by Gasteiger charge is -2.35. The number of anilines is 1. The van der Waals surface area contributed by atoms with Crippen LogP contribution in [0.15, 0.2) is 35.4 Å². The van der Waals surface area contributed by atoms with E-state index in [1.807, 2.05) is 26.8 Å². The van der Waals surface area contributed by atoms with E-state index in [9.17, 15) is 18.0 Å². The lowest BCUT2D eigenvalue weighted by Crippen LogP contribution is -2.39. The third-order valence-electron chi connectivity index (χ3n) is 6.21. The summed E-state index contributed by atoms with van der Waals surface area (Å²) in [7, 11) is -3.54. The molecule has 8 nitrogen and oxygen atoms in total. The summed E-state index contributed by atoms with van der Waals surface area (Å²) < 4.78 is 27.6. The van der Waals surface area contributed by atoms with Crippen molar-refractivity contribution in [2.45, 2.75) is 52.5 Å². The zero-order valence-electron chi connectivity index (χ0n) is 18.8. The Labute approximate surface area is 188 Å². The van der Waals surface area contributed by atoms with Crippen LogP contribution in [-0.2, 0) is 16.4 Å². The number of piperidine rings is 1. The molecule has 0 bridgehead atoms. The van der Waals surface area contributed by atoms with Crippen LogP contribution in [0.3, 0.4) is 0 Å². The second-order valence-electron chi connectivity index (χ2n) is 8.79. The number of likely N-dealkylation sites (tertiary alicyclic amines) is 1. The maximum absolute atomic E-state index is 13.6. The number of benzene rings is 1. The molecule has 0 radical (unpaired) electrons. The van der Waals surface area contributed by atoms with E-state index in [1.54, 1.807) is 23.1 Å². The van der Waals surface area contributed by atoms with Crippen LogP contribution in [-0.4, -0.2) is 47.7 Å². The lowest BCUT2D eigenvalue weighted by molar-refractivity contribution is 0.0606. The Bertz CT molecular complexity index is 1240. The van der Waals surface area contributed by atoms with Crippen molar-refractivity contribution < 1.29 is 18.0 Å². The zero-order chi connectivity index (χ0) is 23.2. The van der Waals surface area contributed by atoms with Gasteiger partial charge in [-0.3, -0.25) is 14.3 Å². The molecule has 0 saturated carbocycles. The van der Waals surface area contributed by atoms with Crippen molar-refractivity contribution in [1.29, 1.82) is 0 Å². The molecule has 1 aromatic heterocycles. The highest BCUT2D eigenvalue weighted by Gasteiger charge is 2.33. The van der Waals surface area contributed by atoms with Gasteiger partial charge in [-0.25, -0.2) is 13.1 Å². The minimum absolute atomic E-state index is 0.123. The van der Waals surface area contributed by atoms with E-state index in [2.05, 4.69) is 9.82 Å². The molecule has 1 N–H and O–H groups in total. The summed E-state index contributed by atoms with van der Waals surface area (Å²) in [6, 6.07) is 6.75. The number of fused-ring (bicyclic) bond motifs is 1. The normalized spacial score (nSPS) is 19.2. The fraction of sp³-hybridized carbons (Fsp3) is 0.435. The minimum atomic E-state index is -3.54. The number of carbonyl (C=O) groups excluding carboxylic acids is 2. The number of carbonyl (C=O) groups is 2. The predicted molar refractivity (Wildman–Crippen MR) is 122 cm³/mol. The van der Waals surface area contributed by atoms with Crippen molar-refractivity contribution in [1.82, 2.24) is 14.7 Å². The molecule has 170 valence electrons. The van der Waals surface area contributed by atoms with E-state index in [1.165, 1.54) is 4.68 Å². The molecule has 1 amide bonds. The summed E-state index contributed by atoms with van der Waals surface area (Å²) in [5, 5.41) is 4.59. The zero-order valence-corrected chi connectivity index (χ0v) is 19.6. The number of nitrogens with one attached hydrogen (secondary N) is 1. The number of aryl methyl sites for hydroxylation is 1. The van der Waals surface area contributed by atoms with Gasteiger partial charge in [0.25, 0.3) is 11.8 Å². The fourth-order valence-corrected chi connectivity index (χ4v) is 4.99. The van der Waals surface area contributed by atoms with Gasteiger partial charge in [-0.2, -0.15) is 5.10 Å². The molecule has 1 saturated heterocycles. The van der Waals surface area contributed by atoms with Crippen molar-refractivity contribution in [2.24, 2.45) is 0 Å². The fourth-order valence-electron chi connectivity index (χ4n) is 4.41. The molecule has 1 atom stereocenters. The maximum Gasteiger partial charge on any atom is 0.274 e. The highest BCUT2D eigenvalue weighted by Crippen LogP contribution is 2.34. The molecule has 0 spiro atoms. The van der Waals surface area contributed by atoms with Crippen LogP contribution >= 0.6 is 0 Å². The third kappa shape index (κ3) is 4.21. The summed E-state index contributed by atoms with van der Waals surface area (Å²) in [5.41, 5.74) is 4.72. The van der Waals surface area contributed by atoms with Gasteiger partial charge >= 0.3 is 0 Å². The highest BCUT2D eigenvalue weighted by atomic mass is 32.2. The largest absolute Gasteiger partial charge is 0.330 e. The number of allylic oxidation sites excluding steroid dienone is 2. The summed E-state index contributed by atoms with van der Waals surface area (Å²) in [5.74, 6) is -0.366. The van der Waals surface area contributed by atoms with Crippen LogP contribution in [0.4, 0.5) is 5.69 Å². The lowest BCUT2D eigenvalue weighted by atomic mass is 9.96. The van der Waals surface area contributed by atoms with E-state index >= 15 is 0 Å². The Morgan fingerprint density at radius 3 is 2.62 bits per heavy atom. The van der Waals surface area contributed by atoms with Crippen LogP contribution in [0.1, 0.15) is 71.3 Å². The standard InChI is InChI=1S/C23H28N4O4S/c1-14-8-9-19(25-32(4,30)31)18(11-14)23(29)26-10-6-5-7-21(26)20-13-17-12-15(2)16(3)22(28)27(17)24-20/h8-9,11,13,21,25H,5-7,10,12H2,1-4H3/t21-/m0/s1. The second kappa shape index (κ2) is 8.20. The van der Waals surface area contributed by atoms with Gasteiger partial charge in [0.1, 0.15) is 0 Å². The molecule has 2 aliphatic rings. The summed E-state index contributed by atoms with van der Waals surface area (Å²) in [4.78, 5) is 28.1. The van der Waals surface area contributed by atoms with Crippen LogP contribution in [0, 0.1) is 6.92 Å². The first-order chi connectivity index (χ1) is 15.0. The molecule has 1 aromatic carbocycles. The number of nitrogens with zero attached hydrogens (tertiary/aromatic N) is 3. The molecule has 0 unspecified atom stereocenters. The van der Waals surface area contributed by atoms with Gasteiger partial charge in [-0.05, 0) is 58.2 Å².